The fourth-order valence-electron chi connectivity index (χ4n) is 3.79. The maximum atomic E-state index is 12.1. The van der Waals surface area contributed by atoms with E-state index in [1.54, 1.807) is 19.0 Å². The van der Waals surface area contributed by atoms with Gasteiger partial charge >= 0.3 is 0 Å². The highest BCUT2D eigenvalue weighted by Gasteiger charge is 2.34. The van der Waals surface area contributed by atoms with E-state index in [9.17, 15) is 4.79 Å². The van der Waals surface area contributed by atoms with Crippen molar-refractivity contribution in [2.45, 2.75) is 38.6 Å². The monoisotopic (exact) mass is 385 g/mol. The van der Waals surface area contributed by atoms with E-state index in [-0.39, 0.29) is 5.91 Å². The Hall–Kier alpha value is -2.08. The highest BCUT2D eigenvalue weighted by Crippen LogP contribution is 2.31. The molecule has 1 saturated heterocycles. The summed E-state index contributed by atoms with van der Waals surface area (Å²) in [6, 6.07) is 8.76. The van der Waals surface area contributed by atoms with Crippen molar-refractivity contribution in [1.29, 1.82) is 0 Å². The lowest BCUT2D eigenvalue weighted by atomic mass is 10.1. The van der Waals surface area contributed by atoms with Gasteiger partial charge in [0.05, 0.1) is 0 Å². The van der Waals surface area contributed by atoms with Crippen molar-refractivity contribution in [1.82, 2.24) is 20.4 Å². The first kappa shape index (κ1) is 20.6. The smallest absolute Gasteiger partial charge is 0.253 e. The molecule has 28 heavy (non-hydrogen) atoms. The number of likely N-dealkylation sites (tertiary alicyclic amines) is 1. The number of amides is 1. The Kier molecular flexibility index (Phi) is 7.31. The molecular weight excluding hydrogens is 350 g/mol. The molecule has 6 heteroatoms. The first-order valence-corrected chi connectivity index (χ1v) is 10.6. The van der Waals surface area contributed by atoms with Crippen molar-refractivity contribution in [3.63, 3.8) is 0 Å². The standard InChI is InChI=1S/C22H35N5O/c1-4-23-22(25-15-18-11-13-27(16-18)20-8-9-20)24-12-10-17-6-5-7-19(14-17)21(28)26(2)3/h5-7,14,18,20H,4,8-13,15-16H2,1-3H3,(H2,23,24,25). The van der Waals surface area contributed by atoms with E-state index in [2.05, 4.69) is 28.5 Å². The van der Waals surface area contributed by atoms with Gasteiger partial charge in [0.25, 0.3) is 5.91 Å². The second kappa shape index (κ2) is 9.92. The van der Waals surface area contributed by atoms with Crippen LogP contribution in [-0.2, 0) is 6.42 Å². The summed E-state index contributed by atoms with van der Waals surface area (Å²) in [4.78, 5) is 21.2. The van der Waals surface area contributed by atoms with Crippen molar-refractivity contribution < 1.29 is 4.79 Å². The first-order chi connectivity index (χ1) is 13.6. The maximum absolute atomic E-state index is 12.1. The average molecular weight is 386 g/mol. The van der Waals surface area contributed by atoms with E-state index in [0.29, 0.717) is 5.92 Å². The molecule has 1 heterocycles. The summed E-state index contributed by atoms with van der Waals surface area (Å²) in [5, 5.41) is 6.79. The molecule has 0 bridgehead atoms. The molecule has 2 fully saturated rings. The minimum absolute atomic E-state index is 0.0431. The predicted octanol–water partition coefficient (Wildman–Crippen LogP) is 1.97. The van der Waals surface area contributed by atoms with Crippen LogP contribution in [0.15, 0.2) is 29.3 Å². The largest absolute Gasteiger partial charge is 0.357 e. The molecule has 0 radical (unpaired) electrons. The number of guanidine groups is 1. The summed E-state index contributed by atoms with van der Waals surface area (Å²) in [6.07, 6.45) is 4.91. The first-order valence-electron chi connectivity index (χ1n) is 10.6. The van der Waals surface area contributed by atoms with Gasteiger partial charge in [0.2, 0.25) is 0 Å². The summed E-state index contributed by atoms with van der Waals surface area (Å²) in [6.45, 7) is 7.10. The van der Waals surface area contributed by atoms with Gasteiger partial charge in [-0.3, -0.25) is 9.79 Å². The van der Waals surface area contributed by atoms with Crippen LogP contribution in [0.25, 0.3) is 0 Å². The summed E-state index contributed by atoms with van der Waals surface area (Å²) in [5.74, 6) is 1.62. The number of hydrogen-bond acceptors (Lipinski definition) is 3. The van der Waals surface area contributed by atoms with Crippen molar-refractivity contribution in [2.75, 3.05) is 46.8 Å². The van der Waals surface area contributed by atoms with Crippen molar-refractivity contribution >= 4 is 11.9 Å². The maximum Gasteiger partial charge on any atom is 0.253 e. The third-order valence-electron chi connectivity index (χ3n) is 5.52. The zero-order valence-electron chi connectivity index (χ0n) is 17.6. The Bertz CT molecular complexity index is 683. The Balaban J connectivity index is 1.47. The molecule has 1 atom stereocenters. The highest BCUT2D eigenvalue weighted by atomic mass is 16.2. The van der Waals surface area contributed by atoms with Crippen molar-refractivity contribution in [3.05, 3.63) is 35.4 Å². The third kappa shape index (κ3) is 5.96. The molecule has 1 unspecified atom stereocenters. The second-order valence-corrected chi connectivity index (χ2v) is 8.18. The number of hydrogen-bond donors (Lipinski definition) is 2. The van der Waals surface area contributed by atoms with Gasteiger partial charge in [0.15, 0.2) is 5.96 Å². The van der Waals surface area contributed by atoms with Crippen LogP contribution in [0.1, 0.15) is 42.1 Å². The lowest BCUT2D eigenvalue weighted by Crippen LogP contribution is -2.38. The topological polar surface area (TPSA) is 60.0 Å². The van der Waals surface area contributed by atoms with Gasteiger partial charge in [0, 0.05) is 51.9 Å². The van der Waals surface area contributed by atoms with Crippen LogP contribution in [-0.4, -0.2) is 74.5 Å². The van der Waals surface area contributed by atoms with E-state index in [1.165, 1.54) is 32.4 Å². The Labute approximate surface area is 169 Å². The highest BCUT2D eigenvalue weighted by molar-refractivity contribution is 5.94. The van der Waals surface area contributed by atoms with Crippen LogP contribution in [0, 0.1) is 5.92 Å². The van der Waals surface area contributed by atoms with Crippen molar-refractivity contribution in [3.8, 4) is 0 Å². The molecule has 1 saturated carbocycles. The van der Waals surface area contributed by atoms with E-state index < -0.39 is 0 Å². The Morgan fingerprint density at radius 1 is 1.25 bits per heavy atom. The Morgan fingerprint density at radius 2 is 2.07 bits per heavy atom. The number of aliphatic imine (C=N–C) groups is 1. The molecule has 154 valence electrons. The molecule has 0 aromatic heterocycles. The molecule has 1 aliphatic heterocycles. The SMILES string of the molecule is CCNC(=NCC1CCN(C2CC2)C1)NCCc1cccc(C(=O)N(C)C)c1. The molecule has 1 aliphatic carbocycles. The van der Waals surface area contributed by atoms with Crippen LogP contribution in [0.5, 0.6) is 0 Å². The average Bonchev–Trinajstić information content (AvgIpc) is 3.44. The molecule has 3 rings (SSSR count). The van der Waals surface area contributed by atoms with Crippen LogP contribution in [0.4, 0.5) is 0 Å². The van der Waals surface area contributed by atoms with Gasteiger partial charge in [-0.15, -0.1) is 0 Å². The molecular formula is C22H35N5O. The van der Waals surface area contributed by atoms with Gasteiger partial charge in [0.1, 0.15) is 0 Å². The lowest BCUT2D eigenvalue weighted by molar-refractivity contribution is 0.0827. The number of benzene rings is 1. The molecule has 2 N–H and O–H groups in total. The van der Waals surface area contributed by atoms with E-state index >= 15 is 0 Å². The number of nitrogens with zero attached hydrogens (tertiary/aromatic N) is 3. The third-order valence-corrected chi connectivity index (χ3v) is 5.52. The zero-order valence-corrected chi connectivity index (χ0v) is 17.6. The Morgan fingerprint density at radius 3 is 2.79 bits per heavy atom. The molecule has 1 amide bonds. The van der Waals surface area contributed by atoms with Gasteiger partial charge in [-0.1, -0.05) is 12.1 Å². The van der Waals surface area contributed by atoms with Gasteiger partial charge in [-0.05, 0) is 62.8 Å². The van der Waals surface area contributed by atoms with Gasteiger partial charge in [-0.25, -0.2) is 0 Å². The minimum Gasteiger partial charge on any atom is -0.357 e. The predicted molar refractivity (Wildman–Crippen MR) is 115 cm³/mol. The van der Waals surface area contributed by atoms with Crippen LogP contribution in [0.2, 0.25) is 0 Å². The molecule has 2 aliphatic rings. The van der Waals surface area contributed by atoms with Crippen LogP contribution < -0.4 is 10.6 Å². The lowest BCUT2D eigenvalue weighted by Gasteiger charge is -2.15. The van der Waals surface area contributed by atoms with Gasteiger partial charge < -0.3 is 20.4 Å². The van der Waals surface area contributed by atoms with Crippen LogP contribution >= 0.6 is 0 Å². The summed E-state index contributed by atoms with van der Waals surface area (Å²) >= 11 is 0. The fraction of sp³-hybridized carbons (Fsp3) is 0.636. The number of nitrogens with one attached hydrogen (secondary N) is 2. The normalized spacial score (nSPS) is 20.2. The fourth-order valence-corrected chi connectivity index (χ4v) is 3.79. The van der Waals surface area contributed by atoms with Crippen molar-refractivity contribution in [2.24, 2.45) is 10.9 Å². The number of carbonyl (C=O) groups excluding carboxylic acids is 1. The minimum atomic E-state index is 0.0431. The zero-order chi connectivity index (χ0) is 19.9. The number of rotatable bonds is 8. The number of carbonyl (C=O) groups is 1. The van der Waals surface area contributed by atoms with Gasteiger partial charge in [-0.2, -0.15) is 0 Å². The molecule has 6 nitrogen and oxygen atoms in total. The quantitative estimate of drug-likeness (QED) is 0.531. The summed E-state index contributed by atoms with van der Waals surface area (Å²) in [7, 11) is 3.56. The summed E-state index contributed by atoms with van der Waals surface area (Å²) in [5.41, 5.74) is 1.90. The molecule has 1 aromatic carbocycles. The van der Waals surface area contributed by atoms with Crippen LogP contribution in [0.3, 0.4) is 0 Å². The van der Waals surface area contributed by atoms with E-state index in [1.807, 2.05) is 18.2 Å². The van der Waals surface area contributed by atoms with E-state index in [4.69, 9.17) is 4.99 Å². The second-order valence-electron chi connectivity index (χ2n) is 8.18. The molecule has 0 spiro atoms. The summed E-state index contributed by atoms with van der Waals surface area (Å²) < 4.78 is 0. The molecule has 1 aromatic rings. The van der Waals surface area contributed by atoms with E-state index in [0.717, 1.165) is 49.2 Å².